The fourth-order valence-corrected chi connectivity index (χ4v) is 6.91. The largest absolute Gasteiger partial charge is 0.756 e. The lowest BCUT2D eigenvalue weighted by molar-refractivity contribution is -0.224. The standard InChI is InChI=1S/C44H77N12O19P/c1-17(2)14-28(53-33(59)19(5)45)41(67)50-21(7)35(61)46-20(6)34(60)49-26(12)40(66)56-32(27(13)75-76(72,73)74)43(69)52-23(9)37(63)47-24(10)38(64)54-29(16-31(57)58)42(68)51-22(8)36(62)48-25(11)39(65)55-30(44(70)71)15-18(3)4/h17-30,32H,14-16,45H2,1-13H3,(H,46,61)(H,47,63)(H,48,62)(H,49,60)(H,50,67)(H,51,68)(H,52,69)(H,53,59)(H,54,64)(H,55,65)(H,56,66)(H,57,58)(H,70,71)(H2,72,73,74)/p-1/t19-,20-,21-,22-,23-,24-,25-,26-,27+,28-,29-,30-,32-/m0/s1. The highest BCUT2D eigenvalue weighted by molar-refractivity contribution is 7.44. The van der Waals surface area contributed by atoms with Crippen molar-refractivity contribution in [2.45, 2.75) is 188 Å². The Bertz CT molecular complexity index is 2170. The van der Waals surface area contributed by atoms with Crippen LogP contribution in [0, 0.1) is 11.8 Å². The molecule has 0 aromatic heterocycles. The van der Waals surface area contributed by atoms with Crippen LogP contribution >= 0.6 is 7.82 Å². The van der Waals surface area contributed by atoms with Crippen LogP contribution < -0.4 is 69.1 Å². The van der Waals surface area contributed by atoms with Crippen molar-refractivity contribution in [1.29, 1.82) is 0 Å². The van der Waals surface area contributed by atoms with E-state index in [1.54, 1.807) is 27.7 Å². The van der Waals surface area contributed by atoms with E-state index in [2.05, 4.69) is 63.0 Å². The van der Waals surface area contributed by atoms with Crippen molar-refractivity contribution >= 4 is 84.7 Å². The predicted octanol–water partition coefficient (Wildman–Crippen LogP) is -5.68. The third-order valence-electron chi connectivity index (χ3n) is 10.7. The molecule has 0 saturated heterocycles. The number of aliphatic carboxylic acids is 2. The van der Waals surface area contributed by atoms with Gasteiger partial charge in [0.05, 0.1) is 18.6 Å². The van der Waals surface area contributed by atoms with E-state index in [0.717, 1.165) is 27.7 Å². The number of amides is 11. The molecule has 0 aromatic rings. The monoisotopic (exact) mass is 1110 g/mol. The van der Waals surface area contributed by atoms with Gasteiger partial charge in [0.15, 0.2) is 0 Å². The summed E-state index contributed by atoms with van der Waals surface area (Å²) in [6, 6.07) is -17.1. The van der Waals surface area contributed by atoms with E-state index < -0.39 is 170 Å². The van der Waals surface area contributed by atoms with Gasteiger partial charge in [-0.2, -0.15) is 0 Å². The maximum Gasteiger partial charge on any atom is 0.326 e. The first-order valence-electron chi connectivity index (χ1n) is 24.0. The molecule has 0 radical (unpaired) electrons. The van der Waals surface area contributed by atoms with E-state index in [1.165, 1.54) is 34.6 Å². The summed E-state index contributed by atoms with van der Waals surface area (Å²) in [5, 5.41) is 43.8. The molecular formula is C44H76N12O19P-. The Morgan fingerprint density at radius 3 is 1.01 bits per heavy atom. The molecule has 16 N–H and O–H groups in total. The second-order valence-electron chi connectivity index (χ2n) is 19.0. The molecule has 0 aliphatic carbocycles. The Morgan fingerprint density at radius 1 is 0.421 bits per heavy atom. The van der Waals surface area contributed by atoms with Crippen molar-refractivity contribution in [3.05, 3.63) is 0 Å². The lowest BCUT2D eigenvalue weighted by Gasteiger charge is -2.30. The Labute approximate surface area is 439 Å². The minimum Gasteiger partial charge on any atom is -0.756 e. The number of nitrogens with one attached hydrogen (secondary N) is 11. The van der Waals surface area contributed by atoms with Gasteiger partial charge in [-0.15, -0.1) is 0 Å². The first-order chi connectivity index (χ1) is 34.8. The molecule has 32 heteroatoms. The van der Waals surface area contributed by atoms with Crippen LogP contribution in [-0.2, 0) is 71.4 Å². The number of hydrogen-bond acceptors (Lipinski definition) is 17. The van der Waals surface area contributed by atoms with E-state index in [0.29, 0.717) is 0 Å². The summed E-state index contributed by atoms with van der Waals surface area (Å²) in [6.45, 7) is 17.7. The topological polar surface area (TPSA) is 490 Å². The molecule has 0 rings (SSSR count). The molecule has 0 aliphatic rings. The van der Waals surface area contributed by atoms with Crippen LogP contribution in [0.25, 0.3) is 0 Å². The second-order valence-corrected chi connectivity index (χ2v) is 20.2. The van der Waals surface area contributed by atoms with Crippen LogP contribution in [0.15, 0.2) is 0 Å². The molecule has 0 saturated carbocycles. The first kappa shape index (κ1) is 69.2. The summed E-state index contributed by atoms with van der Waals surface area (Å²) in [4.78, 5) is 187. The number of carboxylic acid groups (broad SMARTS) is 2. The molecule has 0 spiro atoms. The zero-order valence-electron chi connectivity index (χ0n) is 44.7. The van der Waals surface area contributed by atoms with Crippen LogP contribution in [0.5, 0.6) is 0 Å². The van der Waals surface area contributed by atoms with Crippen molar-refractivity contribution in [2.24, 2.45) is 17.6 Å². The third kappa shape index (κ3) is 26.1. The molecule has 0 aromatic carbocycles. The molecule has 14 atom stereocenters. The zero-order valence-corrected chi connectivity index (χ0v) is 45.6. The fourth-order valence-electron chi connectivity index (χ4n) is 6.37. The molecule has 1 unspecified atom stereocenters. The SMILES string of the molecule is CC(C)C[C@H](NC(=O)[C@H](C)NC(=O)[C@H](C)NC(=O)[C@H](CC(=O)O)NC(=O)[C@H](C)NC(=O)[C@H](C)NC(=O)[C@@H](NC(=O)[C@H](C)NC(=O)[C@H](C)NC(=O)[C@H](C)NC(=O)[C@H](CC(C)C)NC(=O)[C@H](C)N)[C@@H](C)OP(=O)([O-])O)C(=O)O. The number of carbonyl (C=O) groups excluding carboxylic acids is 11. The molecule has 0 fully saturated rings. The predicted molar refractivity (Wildman–Crippen MR) is 264 cm³/mol. The average molecular weight is 1110 g/mol. The summed E-state index contributed by atoms with van der Waals surface area (Å²) < 4.78 is 16.1. The first-order valence-corrected chi connectivity index (χ1v) is 25.5. The van der Waals surface area contributed by atoms with Crippen LogP contribution in [0.4, 0.5) is 0 Å². The van der Waals surface area contributed by atoms with Crippen LogP contribution in [-0.4, -0.2) is 171 Å². The van der Waals surface area contributed by atoms with Gasteiger partial charge in [0.2, 0.25) is 65.0 Å². The molecule has 432 valence electrons. The van der Waals surface area contributed by atoms with E-state index in [-0.39, 0.29) is 24.7 Å². The Kier molecular flexibility index (Phi) is 29.1. The second kappa shape index (κ2) is 31.9. The summed E-state index contributed by atoms with van der Waals surface area (Å²) in [7, 11) is -5.60. The molecule has 11 amide bonds. The fraction of sp³-hybridized carbons (Fsp3) is 0.705. The van der Waals surface area contributed by atoms with Crippen molar-refractivity contribution in [3.63, 3.8) is 0 Å². The zero-order chi connectivity index (χ0) is 59.3. The Morgan fingerprint density at radius 2 is 0.697 bits per heavy atom. The number of rotatable bonds is 32. The van der Waals surface area contributed by atoms with Crippen LogP contribution in [0.1, 0.15) is 109 Å². The van der Waals surface area contributed by atoms with Gasteiger partial charge in [-0.3, -0.25) is 62.1 Å². The van der Waals surface area contributed by atoms with Gasteiger partial charge in [0.25, 0.3) is 7.82 Å². The van der Waals surface area contributed by atoms with Gasteiger partial charge in [0, 0.05) is 0 Å². The maximum absolute atomic E-state index is 13.5. The number of phosphoric acid groups is 1. The third-order valence-corrected chi connectivity index (χ3v) is 11.3. The van der Waals surface area contributed by atoms with E-state index >= 15 is 0 Å². The molecule has 0 bridgehead atoms. The summed E-state index contributed by atoms with van der Waals surface area (Å²) in [5.41, 5.74) is 5.60. The van der Waals surface area contributed by atoms with Gasteiger partial charge >= 0.3 is 11.9 Å². The maximum atomic E-state index is 13.5. The summed E-state index contributed by atoms with van der Waals surface area (Å²) in [6.07, 6.45) is -2.62. The van der Waals surface area contributed by atoms with Crippen molar-refractivity contribution in [2.75, 3.05) is 0 Å². The van der Waals surface area contributed by atoms with E-state index in [1.807, 2.05) is 0 Å². The average Bonchev–Trinajstić information content (AvgIpc) is 3.28. The summed E-state index contributed by atoms with van der Waals surface area (Å²) in [5.74, 6) is -13.8. The Balaban J connectivity index is 5.81. The highest BCUT2D eigenvalue weighted by atomic mass is 31.2. The normalized spacial score (nSPS) is 17.1. The van der Waals surface area contributed by atoms with Gasteiger partial charge in [-0.25, -0.2) is 4.79 Å². The molecule has 0 heterocycles. The minimum absolute atomic E-state index is 0.0468. The highest BCUT2D eigenvalue weighted by Crippen LogP contribution is 2.33. The van der Waals surface area contributed by atoms with Gasteiger partial charge in [-0.05, 0) is 87.0 Å². The Hall–Kier alpha value is -6.82. The van der Waals surface area contributed by atoms with Crippen molar-refractivity contribution in [3.8, 4) is 0 Å². The molecular weight excluding hydrogens is 1030 g/mol. The van der Waals surface area contributed by atoms with Crippen molar-refractivity contribution in [1.82, 2.24) is 58.5 Å². The minimum atomic E-state index is -5.60. The highest BCUT2D eigenvalue weighted by Gasteiger charge is 2.36. The number of carboxylic acids is 2. The smallest absolute Gasteiger partial charge is 0.326 e. The van der Waals surface area contributed by atoms with Gasteiger partial charge in [0.1, 0.15) is 66.5 Å². The van der Waals surface area contributed by atoms with E-state index in [9.17, 15) is 86.9 Å². The summed E-state index contributed by atoms with van der Waals surface area (Å²) >= 11 is 0. The van der Waals surface area contributed by atoms with Crippen LogP contribution in [0.2, 0.25) is 0 Å². The molecule has 0 aliphatic heterocycles. The number of nitrogens with two attached hydrogens (primary N) is 1. The lowest BCUT2D eigenvalue weighted by Crippen LogP contribution is -2.61. The number of carbonyl (C=O) groups is 13. The number of hydrogen-bond donors (Lipinski definition) is 15. The van der Waals surface area contributed by atoms with Crippen LogP contribution in [0.3, 0.4) is 0 Å². The van der Waals surface area contributed by atoms with Gasteiger partial charge in [-0.1, -0.05) is 27.7 Å². The number of phosphoric ester groups is 1. The van der Waals surface area contributed by atoms with E-state index in [4.69, 9.17) is 5.73 Å². The van der Waals surface area contributed by atoms with Crippen molar-refractivity contribution < 1.29 is 91.4 Å². The van der Waals surface area contributed by atoms with Gasteiger partial charge < -0.3 is 88.7 Å². The molecule has 31 nitrogen and oxygen atoms in total. The lowest BCUT2D eigenvalue weighted by atomic mass is 10.0. The quantitative estimate of drug-likeness (QED) is 0.0279. The molecule has 76 heavy (non-hydrogen) atoms.